The fourth-order valence-electron chi connectivity index (χ4n) is 3.78. The molecule has 1 amide bonds. The molecule has 0 atom stereocenters. The smallest absolute Gasteiger partial charge is 0.225 e. The van der Waals surface area contributed by atoms with Crippen molar-refractivity contribution in [3.05, 3.63) is 35.8 Å². The number of piperidine rings is 1. The molecular weight excluding hydrogens is 279 g/mol. The van der Waals surface area contributed by atoms with Crippen LogP contribution in [0.3, 0.4) is 0 Å². The van der Waals surface area contributed by atoms with Crippen LogP contribution in [0.5, 0.6) is 0 Å². The number of carbonyl (C=O) groups excluding carboxylic acids is 1. The number of hydrogen-bond acceptors (Lipinski definition) is 1. The molecular formula is C18H21FN2O. The summed E-state index contributed by atoms with van der Waals surface area (Å²) in [5.41, 5.74) is 2.13. The van der Waals surface area contributed by atoms with Crippen molar-refractivity contribution in [3.63, 3.8) is 0 Å². The maximum atomic E-state index is 13.3. The summed E-state index contributed by atoms with van der Waals surface area (Å²) in [6.07, 6.45) is 7.38. The van der Waals surface area contributed by atoms with E-state index in [2.05, 4.69) is 9.88 Å². The number of rotatable bonds is 2. The minimum absolute atomic E-state index is 0.207. The van der Waals surface area contributed by atoms with Gasteiger partial charge in [-0.15, -0.1) is 0 Å². The lowest BCUT2D eigenvalue weighted by atomic mass is 9.83. The maximum absolute atomic E-state index is 13.3. The average Bonchev–Trinajstić information content (AvgIpc) is 2.88. The Morgan fingerprint density at radius 1 is 1.18 bits per heavy atom. The standard InChI is InChI=1S/C18H21FN2O/c19-14-4-5-15-16(11-20-17(15)10-14)12-6-8-21(9-7-12)18(22)13-2-1-3-13/h4-5,10-13,20H,1-3,6-9H2. The van der Waals surface area contributed by atoms with Crippen molar-refractivity contribution >= 4 is 16.8 Å². The highest BCUT2D eigenvalue weighted by Crippen LogP contribution is 2.35. The van der Waals surface area contributed by atoms with Crippen molar-refractivity contribution in [1.82, 2.24) is 9.88 Å². The Bertz CT molecular complexity index is 696. The number of likely N-dealkylation sites (tertiary alicyclic amines) is 1. The quantitative estimate of drug-likeness (QED) is 0.899. The normalized spacial score (nSPS) is 20.3. The highest BCUT2D eigenvalue weighted by molar-refractivity contribution is 5.84. The van der Waals surface area contributed by atoms with Crippen LogP contribution in [0.2, 0.25) is 0 Å². The number of benzene rings is 1. The van der Waals surface area contributed by atoms with Crippen LogP contribution >= 0.6 is 0 Å². The van der Waals surface area contributed by atoms with Gasteiger partial charge in [0.25, 0.3) is 0 Å². The molecule has 1 N–H and O–H groups in total. The molecule has 22 heavy (non-hydrogen) atoms. The molecule has 2 heterocycles. The first-order chi connectivity index (χ1) is 10.7. The monoisotopic (exact) mass is 300 g/mol. The number of nitrogens with zero attached hydrogens (tertiary/aromatic N) is 1. The van der Waals surface area contributed by atoms with Crippen LogP contribution in [0.15, 0.2) is 24.4 Å². The zero-order chi connectivity index (χ0) is 15.1. The summed E-state index contributed by atoms with van der Waals surface area (Å²) in [4.78, 5) is 17.5. The largest absolute Gasteiger partial charge is 0.361 e. The third kappa shape index (κ3) is 2.31. The molecule has 1 aromatic heterocycles. The molecule has 116 valence electrons. The van der Waals surface area contributed by atoms with Crippen molar-refractivity contribution in [2.75, 3.05) is 13.1 Å². The highest BCUT2D eigenvalue weighted by Gasteiger charge is 2.32. The van der Waals surface area contributed by atoms with Gasteiger partial charge in [-0.25, -0.2) is 4.39 Å². The molecule has 1 aliphatic carbocycles. The third-order valence-corrected chi connectivity index (χ3v) is 5.38. The summed E-state index contributed by atoms with van der Waals surface area (Å²) in [5, 5.41) is 1.12. The van der Waals surface area contributed by atoms with Crippen LogP contribution in [-0.4, -0.2) is 28.9 Å². The van der Waals surface area contributed by atoms with Crippen LogP contribution in [0.1, 0.15) is 43.6 Å². The summed E-state index contributed by atoms with van der Waals surface area (Å²) in [6.45, 7) is 1.71. The molecule has 1 saturated carbocycles. The van der Waals surface area contributed by atoms with Gasteiger partial charge in [0, 0.05) is 36.1 Å². The van der Waals surface area contributed by atoms with E-state index in [1.165, 1.54) is 18.1 Å². The van der Waals surface area contributed by atoms with E-state index in [0.29, 0.717) is 17.7 Å². The van der Waals surface area contributed by atoms with E-state index in [0.717, 1.165) is 49.7 Å². The van der Waals surface area contributed by atoms with Crippen LogP contribution in [-0.2, 0) is 4.79 Å². The Labute approximate surface area is 129 Å². The van der Waals surface area contributed by atoms with Gasteiger partial charge in [0.2, 0.25) is 5.91 Å². The van der Waals surface area contributed by atoms with E-state index in [1.54, 1.807) is 6.07 Å². The molecule has 2 aromatic rings. The zero-order valence-corrected chi connectivity index (χ0v) is 12.6. The fourth-order valence-corrected chi connectivity index (χ4v) is 3.78. The van der Waals surface area contributed by atoms with E-state index in [9.17, 15) is 9.18 Å². The topological polar surface area (TPSA) is 36.1 Å². The second-order valence-electron chi connectivity index (χ2n) is 6.66. The first kappa shape index (κ1) is 13.8. The Kier molecular flexibility index (Phi) is 3.40. The van der Waals surface area contributed by atoms with Crippen LogP contribution in [0.25, 0.3) is 10.9 Å². The third-order valence-electron chi connectivity index (χ3n) is 5.38. The predicted octanol–water partition coefficient (Wildman–Crippen LogP) is 3.81. The first-order valence-electron chi connectivity index (χ1n) is 8.27. The lowest BCUT2D eigenvalue weighted by Gasteiger charge is -2.36. The number of nitrogens with one attached hydrogen (secondary N) is 1. The van der Waals surface area contributed by atoms with Crippen molar-refractivity contribution in [2.24, 2.45) is 5.92 Å². The molecule has 2 fully saturated rings. The SMILES string of the molecule is O=C(C1CCC1)N1CCC(c2c[nH]c3cc(F)ccc23)CC1. The molecule has 0 radical (unpaired) electrons. The van der Waals surface area contributed by atoms with Gasteiger partial charge in [-0.3, -0.25) is 4.79 Å². The highest BCUT2D eigenvalue weighted by atomic mass is 19.1. The Balaban J connectivity index is 1.47. The first-order valence-corrected chi connectivity index (χ1v) is 8.27. The molecule has 1 aromatic carbocycles. The van der Waals surface area contributed by atoms with Gasteiger partial charge in [0.05, 0.1) is 0 Å². The Morgan fingerprint density at radius 3 is 2.64 bits per heavy atom. The zero-order valence-electron chi connectivity index (χ0n) is 12.6. The second kappa shape index (κ2) is 5.41. The van der Waals surface area contributed by atoms with Gasteiger partial charge >= 0.3 is 0 Å². The average molecular weight is 300 g/mol. The fraction of sp³-hybridized carbons (Fsp3) is 0.500. The van der Waals surface area contributed by atoms with E-state index >= 15 is 0 Å². The summed E-state index contributed by atoms with van der Waals surface area (Å²) < 4.78 is 13.3. The lowest BCUT2D eigenvalue weighted by molar-refractivity contribution is -0.139. The Morgan fingerprint density at radius 2 is 1.95 bits per heavy atom. The van der Waals surface area contributed by atoms with Crippen molar-refractivity contribution in [1.29, 1.82) is 0 Å². The molecule has 0 unspecified atom stereocenters. The predicted molar refractivity (Wildman–Crippen MR) is 84.2 cm³/mol. The number of H-pyrrole nitrogens is 1. The number of aromatic amines is 1. The minimum Gasteiger partial charge on any atom is -0.361 e. The summed E-state index contributed by atoms with van der Waals surface area (Å²) in [7, 11) is 0. The molecule has 2 aliphatic rings. The Hall–Kier alpha value is -1.84. The number of fused-ring (bicyclic) bond motifs is 1. The van der Waals surface area contributed by atoms with Gasteiger partial charge in [-0.05, 0) is 55.4 Å². The number of amides is 1. The molecule has 3 nitrogen and oxygen atoms in total. The van der Waals surface area contributed by atoms with Crippen molar-refractivity contribution < 1.29 is 9.18 Å². The van der Waals surface area contributed by atoms with Crippen LogP contribution in [0.4, 0.5) is 4.39 Å². The number of aromatic nitrogens is 1. The van der Waals surface area contributed by atoms with Gasteiger partial charge in [0.1, 0.15) is 5.82 Å². The lowest BCUT2D eigenvalue weighted by Crippen LogP contribution is -2.43. The van der Waals surface area contributed by atoms with Gasteiger partial charge in [0.15, 0.2) is 0 Å². The molecule has 0 spiro atoms. The van der Waals surface area contributed by atoms with Gasteiger partial charge < -0.3 is 9.88 Å². The number of hydrogen-bond donors (Lipinski definition) is 1. The van der Waals surface area contributed by atoms with Crippen molar-refractivity contribution in [2.45, 2.75) is 38.0 Å². The summed E-state index contributed by atoms with van der Waals surface area (Å²) >= 11 is 0. The minimum atomic E-state index is -0.207. The maximum Gasteiger partial charge on any atom is 0.225 e. The van der Waals surface area contributed by atoms with Gasteiger partial charge in [-0.2, -0.15) is 0 Å². The summed E-state index contributed by atoms with van der Waals surface area (Å²) in [5.74, 6) is 0.921. The van der Waals surface area contributed by atoms with Gasteiger partial charge in [-0.1, -0.05) is 6.42 Å². The molecule has 4 rings (SSSR count). The van der Waals surface area contributed by atoms with E-state index < -0.39 is 0 Å². The van der Waals surface area contributed by atoms with Crippen LogP contribution in [0, 0.1) is 11.7 Å². The molecule has 1 saturated heterocycles. The summed E-state index contributed by atoms with van der Waals surface area (Å²) in [6, 6.07) is 4.94. The van der Waals surface area contributed by atoms with E-state index in [-0.39, 0.29) is 5.82 Å². The van der Waals surface area contributed by atoms with Crippen LogP contribution < -0.4 is 0 Å². The molecule has 4 heteroatoms. The number of carbonyl (C=O) groups is 1. The molecule has 1 aliphatic heterocycles. The second-order valence-corrected chi connectivity index (χ2v) is 6.66. The van der Waals surface area contributed by atoms with Crippen molar-refractivity contribution in [3.8, 4) is 0 Å². The molecule has 0 bridgehead atoms. The van der Waals surface area contributed by atoms with E-state index in [4.69, 9.17) is 0 Å². The number of halogens is 1. The van der Waals surface area contributed by atoms with E-state index in [1.807, 2.05) is 12.3 Å².